The number of allylic oxidation sites excluding steroid dienone is 1. The molecule has 33 heavy (non-hydrogen) atoms. The Bertz CT molecular complexity index is 896. The Morgan fingerprint density at radius 3 is 2.61 bits per heavy atom. The van der Waals surface area contributed by atoms with Crippen LogP contribution in [0.25, 0.3) is 0 Å². The van der Waals surface area contributed by atoms with Gasteiger partial charge in [0.25, 0.3) is 0 Å². The van der Waals surface area contributed by atoms with Gasteiger partial charge in [-0.05, 0) is 66.1 Å². The van der Waals surface area contributed by atoms with Crippen molar-refractivity contribution >= 4 is 36.1 Å². The van der Waals surface area contributed by atoms with E-state index in [1.807, 2.05) is 33.8 Å². The van der Waals surface area contributed by atoms with Crippen molar-refractivity contribution in [2.24, 2.45) is 0 Å². The fourth-order valence-electron chi connectivity index (χ4n) is 3.65. The van der Waals surface area contributed by atoms with E-state index in [1.165, 1.54) is 5.23 Å². The second-order valence-electron chi connectivity index (χ2n) is 7.28. The van der Waals surface area contributed by atoms with Crippen LogP contribution in [-0.2, 0) is 27.4 Å². The Morgan fingerprint density at radius 1 is 1.33 bits per heavy atom. The quantitative estimate of drug-likeness (QED) is 0.0964. The first-order chi connectivity index (χ1) is 15.9. The number of fused-ring (bicyclic) bond motifs is 1. The smallest absolute Gasteiger partial charge is 0.342 e. The zero-order chi connectivity index (χ0) is 24.4. The monoisotopic (exact) mass is 590 g/mol. The Morgan fingerprint density at radius 2 is 2.03 bits per heavy atom. The van der Waals surface area contributed by atoms with Crippen LogP contribution in [0.3, 0.4) is 0 Å². The van der Waals surface area contributed by atoms with Crippen LogP contribution in [0, 0.1) is 18.3 Å². The highest BCUT2D eigenvalue weighted by atomic mass is 127. The third-order valence-electron chi connectivity index (χ3n) is 5.12. The molecule has 0 bridgehead atoms. The summed E-state index contributed by atoms with van der Waals surface area (Å²) in [6.45, 7) is 9.05. The molecule has 10 heteroatoms. The van der Waals surface area contributed by atoms with E-state index in [-0.39, 0.29) is 12.6 Å². The molecule has 8 nitrogen and oxygen atoms in total. The number of ether oxygens (including phenoxy) is 3. The van der Waals surface area contributed by atoms with Gasteiger partial charge in [-0.2, -0.15) is 5.26 Å². The lowest BCUT2D eigenvalue weighted by atomic mass is 9.94. The predicted molar refractivity (Wildman–Crippen MR) is 135 cm³/mol. The summed E-state index contributed by atoms with van der Waals surface area (Å²) in [4.78, 5) is 23.4. The van der Waals surface area contributed by atoms with Crippen LogP contribution in [0.5, 0.6) is 11.5 Å². The lowest BCUT2D eigenvalue weighted by Crippen LogP contribution is -2.34. The van der Waals surface area contributed by atoms with Crippen LogP contribution in [0.1, 0.15) is 54.2 Å². The summed E-state index contributed by atoms with van der Waals surface area (Å²) in [5.41, 5.74) is 3.95. The molecule has 0 amide bonds. The van der Waals surface area contributed by atoms with Crippen molar-refractivity contribution in [3.8, 4) is 17.6 Å². The van der Waals surface area contributed by atoms with Gasteiger partial charge in [-0.15, -0.1) is 0 Å². The van der Waals surface area contributed by atoms with Crippen LogP contribution in [0.15, 0.2) is 11.6 Å². The number of hydroxylamine groups is 2. The maximum atomic E-state index is 12.5. The number of carbonyl (C=O) groups is 1. The second-order valence-corrected chi connectivity index (χ2v) is 9.78. The number of benzene rings is 1. The predicted octanol–water partition coefficient (Wildman–Crippen LogP) is 5.11. The Balaban J connectivity index is 2.37. The molecular weight excluding hydrogens is 559 g/mol. The summed E-state index contributed by atoms with van der Waals surface area (Å²) >= 11 is 2.22. The molecule has 0 aliphatic carbocycles. The highest BCUT2D eigenvalue weighted by Gasteiger charge is 2.33. The molecule has 1 aromatic carbocycles. The summed E-state index contributed by atoms with van der Waals surface area (Å²) in [6.07, 6.45) is 2.93. The van der Waals surface area contributed by atoms with Crippen LogP contribution in [-0.4, -0.2) is 49.9 Å². The SMILES string of the molecule is CCON(OCC)C(C#N)C/C(C)=C/Cc1c(OC)c(C)c2c(c1OCCSI)C(=O)OC2. The van der Waals surface area contributed by atoms with Crippen molar-refractivity contribution in [1.82, 2.24) is 5.23 Å². The number of hydrogen-bond donors (Lipinski definition) is 0. The molecule has 0 aromatic heterocycles. The van der Waals surface area contributed by atoms with Gasteiger partial charge in [0.05, 0.1) is 33.0 Å². The molecule has 1 aliphatic heterocycles. The van der Waals surface area contributed by atoms with Crippen LogP contribution in [0.4, 0.5) is 0 Å². The van der Waals surface area contributed by atoms with Gasteiger partial charge in [0.15, 0.2) is 6.04 Å². The van der Waals surface area contributed by atoms with Gasteiger partial charge in [0.2, 0.25) is 0 Å². The number of halogens is 1. The van der Waals surface area contributed by atoms with Gasteiger partial charge in [0, 0.05) is 23.3 Å². The van der Waals surface area contributed by atoms with E-state index in [2.05, 4.69) is 27.3 Å². The van der Waals surface area contributed by atoms with E-state index in [9.17, 15) is 10.1 Å². The molecule has 0 fully saturated rings. The molecule has 1 aliphatic rings. The number of carbonyl (C=O) groups excluding carboxylic acids is 1. The fourth-order valence-corrected chi connectivity index (χ4v) is 4.33. The summed E-state index contributed by atoms with van der Waals surface area (Å²) in [5.74, 6) is 1.62. The van der Waals surface area contributed by atoms with E-state index < -0.39 is 6.04 Å². The van der Waals surface area contributed by atoms with Crippen molar-refractivity contribution in [3.63, 3.8) is 0 Å². The summed E-state index contributed by atoms with van der Waals surface area (Å²) in [7, 11) is 3.25. The number of hydrogen-bond acceptors (Lipinski definition) is 9. The molecule has 0 spiro atoms. The molecule has 1 atom stereocenters. The largest absolute Gasteiger partial charge is 0.496 e. The van der Waals surface area contributed by atoms with E-state index >= 15 is 0 Å². The standard InChI is InChI=1S/C23H31IN2O6S/c1-6-31-26(32-7-2)17(13-25)12-15(3)8-9-18-21(28-5)16(4)19-14-30-23(27)20(19)22(18)29-10-11-33-24/h8,17H,6-7,9-12,14H2,1-5H3/b15-8+. The molecule has 1 aromatic rings. The second kappa shape index (κ2) is 14.0. The Hall–Kier alpha value is -1.52. The molecule has 182 valence electrons. The van der Waals surface area contributed by atoms with Crippen molar-refractivity contribution in [2.75, 3.05) is 32.7 Å². The summed E-state index contributed by atoms with van der Waals surface area (Å²) in [5, 5.41) is 10.9. The molecular formula is C23H31IN2O6S. The maximum absolute atomic E-state index is 12.5. The average Bonchev–Trinajstić information content (AvgIpc) is 3.19. The zero-order valence-electron chi connectivity index (χ0n) is 19.7. The minimum atomic E-state index is -0.587. The molecule has 2 rings (SSSR count). The van der Waals surface area contributed by atoms with Crippen molar-refractivity contribution in [3.05, 3.63) is 33.9 Å². The number of rotatable bonds is 14. The van der Waals surface area contributed by atoms with E-state index in [1.54, 1.807) is 16.0 Å². The minimum Gasteiger partial charge on any atom is -0.496 e. The normalized spacial score (nSPS) is 14.1. The van der Waals surface area contributed by atoms with Crippen molar-refractivity contribution < 1.29 is 28.7 Å². The average molecular weight is 590 g/mol. The lowest BCUT2D eigenvalue weighted by molar-refractivity contribution is -0.376. The first-order valence-electron chi connectivity index (χ1n) is 10.8. The van der Waals surface area contributed by atoms with Crippen LogP contribution < -0.4 is 9.47 Å². The first-order valence-corrected chi connectivity index (χ1v) is 14.3. The molecule has 1 unspecified atom stereocenters. The fraction of sp³-hybridized carbons (Fsp3) is 0.565. The molecule has 1 heterocycles. The molecule has 0 saturated heterocycles. The Labute approximate surface area is 212 Å². The number of cyclic esters (lactones) is 1. The summed E-state index contributed by atoms with van der Waals surface area (Å²) < 4.78 is 17.1. The molecule has 0 saturated carbocycles. The highest BCUT2D eigenvalue weighted by molar-refractivity contribution is 14.2. The summed E-state index contributed by atoms with van der Waals surface area (Å²) in [6, 6.07) is 1.65. The van der Waals surface area contributed by atoms with Gasteiger partial charge in [-0.25, -0.2) is 4.79 Å². The van der Waals surface area contributed by atoms with Gasteiger partial charge < -0.3 is 14.2 Å². The number of methoxy groups -OCH3 is 1. The van der Waals surface area contributed by atoms with Crippen molar-refractivity contribution in [2.45, 2.75) is 53.2 Å². The maximum Gasteiger partial charge on any atom is 0.342 e. The zero-order valence-corrected chi connectivity index (χ0v) is 22.7. The van der Waals surface area contributed by atoms with E-state index in [0.717, 1.165) is 28.0 Å². The van der Waals surface area contributed by atoms with Gasteiger partial charge >= 0.3 is 5.97 Å². The van der Waals surface area contributed by atoms with Crippen molar-refractivity contribution in [1.29, 1.82) is 5.26 Å². The third kappa shape index (κ3) is 6.99. The Kier molecular flexibility index (Phi) is 11.8. The highest BCUT2D eigenvalue weighted by Crippen LogP contribution is 2.43. The number of nitriles is 1. The van der Waals surface area contributed by atoms with E-state index in [4.69, 9.17) is 23.9 Å². The molecule has 0 N–H and O–H groups in total. The van der Waals surface area contributed by atoms with Gasteiger partial charge in [-0.1, -0.05) is 20.6 Å². The third-order valence-corrected chi connectivity index (χ3v) is 6.76. The van der Waals surface area contributed by atoms with Gasteiger partial charge in [-0.3, -0.25) is 9.68 Å². The first kappa shape index (κ1) is 27.7. The van der Waals surface area contributed by atoms with Crippen LogP contribution >= 0.6 is 30.1 Å². The van der Waals surface area contributed by atoms with Gasteiger partial charge in [0.1, 0.15) is 23.7 Å². The topological polar surface area (TPSA) is 90.3 Å². The minimum absolute atomic E-state index is 0.220. The lowest BCUT2D eigenvalue weighted by Gasteiger charge is -2.24. The van der Waals surface area contributed by atoms with Crippen LogP contribution in [0.2, 0.25) is 0 Å². The number of nitrogens with zero attached hydrogens (tertiary/aromatic N) is 2. The van der Waals surface area contributed by atoms with E-state index in [0.29, 0.717) is 49.7 Å². The number of esters is 1. The molecule has 0 radical (unpaired) electrons.